The van der Waals surface area contributed by atoms with E-state index in [1.165, 1.54) is 6.26 Å². The Labute approximate surface area is 181 Å². The SMILES string of the molecule is Cc1cccc(C)c1OCCCn1c(CCNC(=O)c2ccco2)nc2ccccc21. The van der Waals surface area contributed by atoms with E-state index in [0.29, 0.717) is 25.3 Å². The third-order valence-corrected chi connectivity index (χ3v) is 5.29. The van der Waals surface area contributed by atoms with Gasteiger partial charge in [-0.15, -0.1) is 0 Å². The third-order valence-electron chi connectivity index (χ3n) is 5.29. The predicted octanol–water partition coefficient (Wildman–Crippen LogP) is 4.69. The van der Waals surface area contributed by atoms with Crippen LogP contribution in [0.25, 0.3) is 11.0 Å². The van der Waals surface area contributed by atoms with Gasteiger partial charge < -0.3 is 19.0 Å². The van der Waals surface area contributed by atoms with E-state index >= 15 is 0 Å². The zero-order valence-corrected chi connectivity index (χ0v) is 17.9. The first-order chi connectivity index (χ1) is 15.1. The number of fused-ring (bicyclic) bond motifs is 1. The van der Waals surface area contributed by atoms with E-state index in [2.05, 4.69) is 41.9 Å². The number of benzene rings is 2. The molecular weight excluding hydrogens is 390 g/mol. The largest absolute Gasteiger partial charge is 0.493 e. The van der Waals surface area contributed by atoms with Gasteiger partial charge in [-0.1, -0.05) is 30.3 Å². The molecule has 0 saturated carbocycles. The Balaban J connectivity index is 1.39. The summed E-state index contributed by atoms with van der Waals surface area (Å²) in [6, 6.07) is 17.7. The van der Waals surface area contributed by atoms with Crippen LogP contribution in [0.5, 0.6) is 5.75 Å². The van der Waals surface area contributed by atoms with Gasteiger partial charge in [-0.25, -0.2) is 4.98 Å². The molecule has 0 unspecified atom stereocenters. The standard InChI is InChI=1S/C25H27N3O3/c1-18-8-5-9-19(2)24(18)31-17-7-15-28-21-11-4-3-10-20(21)27-23(28)13-14-26-25(29)22-12-6-16-30-22/h3-6,8-12,16H,7,13-15,17H2,1-2H3,(H,26,29). The molecule has 0 fully saturated rings. The molecule has 160 valence electrons. The number of hydrogen-bond donors (Lipinski definition) is 1. The summed E-state index contributed by atoms with van der Waals surface area (Å²) in [7, 11) is 0. The van der Waals surface area contributed by atoms with Crippen molar-refractivity contribution in [2.75, 3.05) is 13.2 Å². The zero-order valence-electron chi connectivity index (χ0n) is 17.9. The van der Waals surface area contributed by atoms with Crippen LogP contribution in [-0.2, 0) is 13.0 Å². The quantitative estimate of drug-likeness (QED) is 0.401. The first-order valence-electron chi connectivity index (χ1n) is 10.6. The number of aromatic nitrogens is 2. The summed E-state index contributed by atoms with van der Waals surface area (Å²) in [5, 5.41) is 2.90. The van der Waals surface area contributed by atoms with Gasteiger partial charge in [0, 0.05) is 19.5 Å². The van der Waals surface area contributed by atoms with Crippen molar-refractivity contribution in [3.05, 3.63) is 83.6 Å². The van der Waals surface area contributed by atoms with Crippen LogP contribution in [0.4, 0.5) is 0 Å². The fraction of sp³-hybridized carbons (Fsp3) is 0.280. The highest BCUT2D eigenvalue weighted by atomic mass is 16.5. The van der Waals surface area contributed by atoms with Crippen LogP contribution in [0.15, 0.2) is 65.3 Å². The molecule has 0 atom stereocenters. The van der Waals surface area contributed by atoms with E-state index in [1.54, 1.807) is 12.1 Å². The Morgan fingerprint density at radius 2 is 1.87 bits per heavy atom. The van der Waals surface area contributed by atoms with Gasteiger partial charge in [0.25, 0.3) is 5.91 Å². The number of nitrogens with one attached hydrogen (secondary N) is 1. The zero-order chi connectivity index (χ0) is 21.6. The number of furan rings is 1. The summed E-state index contributed by atoms with van der Waals surface area (Å²) in [6.07, 6.45) is 2.99. The number of para-hydroxylation sites is 3. The molecule has 1 N–H and O–H groups in total. The van der Waals surface area contributed by atoms with Gasteiger partial charge in [0.05, 0.1) is 23.9 Å². The fourth-order valence-corrected chi connectivity index (χ4v) is 3.77. The second-order valence-corrected chi connectivity index (χ2v) is 7.57. The highest BCUT2D eigenvalue weighted by molar-refractivity contribution is 5.91. The van der Waals surface area contributed by atoms with Gasteiger partial charge >= 0.3 is 0 Å². The van der Waals surface area contributed by atoms with E-state index < -0.39 is 0 Å². The first-order valence-corrected chi connectivity index (χ1v) is 10.6. The number of hydrogen-bond acceptors (Lipinski definition) is 4. The minimum absolute atomic E-state index is 0.213. The van der Waals surface area contributed by atoms with Crippen LogP contribution in [0.3, 0.4) is 0 Å². The molecule has 0 saturated heterocycles. The van der Waals surface area contributed by atoms with Crippen molar-refractivity contribution in [3.63, 3.8) is 0 Å². The fourth-order valence-electron chi connectivity index (χ4n) is 3.77. The van der Waals surface area contributed by atoms with Crippen molar-refractivity contribution in [3.8, 4) is 5.75 Å². The van der Waals surface area contributed by atoms with E-state index in [1.807, 2.05) is 24.3 Å². The Morgan fingerprint density at radius 3 is 2.65 bits per heavy atom. The molecular formula is C25H27N3O3. The number of ether oxygens (including phenoxy) is 1. The lowest BCUT2D eigenvalue weighted by Gasteiger charge is -2.13. The average molecular weight is 418 g/mol. The molecule has 0 radical (unpaired) electrons. The van der Waals surface area contributed by atoms with Crippen LogP contribution in [0, 0.1) is 13.8 Å². The maximum absolute atomic E-state index is 12.1. The molecule has 4 aromatic rings. The Bertz CT molecular complexity index is 1140. The van der Waals surface area contributed by atoms with Crippen molar-refractivity contribution in [1.29, 1.82) is 0 Å². The van der Waals surface area contributed by atoms with Crippen LogP contribution in [-0.4, -0.2) is 28.6 Å². The van der Waals surface area contributed by atoms with E-state index in [-0.39, 0.29) is 5.91 Å². The summed E-state index contributed by atoms with van der Waals surface area (Å²) in [4.78, 5) is 16.9. The average Bonchev–Trinajstić information content (AvgIpc) is 3.41. The van der Waals surface area contributed by atoms with Gasteiger partial charge in [-0.05, 0) is 55.7 Å². The Kier molecular flexibility index (Phi) is 6.36. The smallest absolute Gasteiger partial charge is 0.286 e. The van der Waals surface area contributed by atoms with Crippen molar-refractivity contribution in [2.24, 2.45) is 0 Å². The molecule has 6 nitrogen and oxygen atoms in total. The predicted molar refractivity (Wildman–Crippen MR) is 121 cm³/mol. The van der Waals surface area contributed by atoms with E-state index in [9.17, 15) is 4.79 Å². The molecule has 2 aromatic carbocycles. The number of carbonyl (C=O) groups excluding carboxylic acids is 1. The van der Waals surface area contributed by atoms with E-state index in [0.717, 1.165) is 46.7 Å². The van der Waals surface area contributed by atoms with Crippen molar-refractivity contribution >= 4 is 16.9 Å². The molecule has 0 bridgehead atoms. The van der Waals surface area contributed by atoms with Gasteiger partial charge in [0.1, 0.15) is 11.6 Å². The molecule has 0 aliphatic carbocycles. The molecule has 0 spiro atoms. The molecule has 1 amide bonds. The minimum atomic E-state index is -0.213. The minimum Gasteiger partial charge on any atom is -0.493 e. The lowest BCUT2D eigenvalue weighted by atomic mass is 10.1. The summed E-state index contributed by atoms with van der Waals surface area (Å²) >= 11 is 0. The second kappa shape index (κ2) is 9.51. The summed E-state index contributed by atoms with van der Waals surface area (Å²) < 4.78 is 13.4. The molecule has 2 aromatic heterocycles. The van der Waals surface area contributed by atoms with Gasteiger partial charge in [0.15, 0.2) is 5.76 Å². The number of rotatable bonds is 9. The van der Waals surface area contributed by atoms with Crippen molar-refractivity contribution < 1.29 is 13.9 Å². The van der Waals surface area contributed by atoms with Crippen molar-refractivity contribution in [1.82, 2.24) is 14.9 Å². The molecule has 6 heteroatoms. The number of aryl methyl sites for hydroxylation is 3. The monoisotopic (exact) mass is 417 g/mol. The molecule has 0 aliphatic heterocycles. The maximum Gasteiger partial charge on any atom is 0.286 e. The van der Waals surface area contributed by atoms with Crippen LogP contribution in [0.1, 0.15) is 33.9 Å². The van der Waals surface area contributed by atoms with Crippen LogP contribution in [0.2, 0.25) is 0 Å². The van der Waals surface area contributed by atoms with Gasteiger partial charge in [-0.3, -0.25) is 4.79 Å². The van der Waals surface area contributed by atoms with Crippen LogP contribution < -0.4 is 10.1 Å². The number of amides is 1. The van der Waals surface area contributed by atoms with Gasteiger partial charge in [-0.2, -0.15) is 0 Å². The number of nitrogens with zero attached hydrogens (tertiary/aromatic N) is 2. The second-order valence-electron chi connectivity index (χ2n) is 7.57. The maximum atomic E-state index is 12.1. The topological polar surface area (TPSA) is 69.3 Å². The summed E-state index contributed by atoms with van der Waals surface area (Å²) in [5.41, 5.74) is 4.37. The highest BCUT2D eigenvalue weighted by Crippen LogP contribution is 2.23. The lowest BCUT2D eigenvalue weighted by Crippen LogP contribution is -2.26. The van der Waals surface area contributed by atoms with Crippen LogP contribution >= 0.6 is 0 Å². The Morgan fingerprint density at radius 1 is 1.06 bits per heavy atom. The third kappa shape index (κ3) is 4.79. The first kappa shape index (κ1) is 20.7. The number of carbonyl (C=O) groups is 1. The lowest BCUT2D eigenvalue weighted by molar-refractivity contribution is 0.0926. The summed E-state index contributed by atoms with van der Waals surface area (Å²) in [6.45, 7) is 6.06. The van der Waals surface area contributed by atoms with Crippen molar-refractivity contribution in [2.45, 2.75) is 33.2 Å². The van der Waals surface area contributed by atoms with E-state index in [4.69, 9.17) is 14.1 Å². The highest BCUT2D eigenvalue weighted by Gasteiger charge is 2.12. The normalized spacial score (nSPS) is 11.0. The van der Waals surface area contributed by atoms with Gasteiger partial charge in [0.2, 0.25) is 0 Å². The molecule has 31 heavy (non-hydrogen) atoms. The molecule has 0 aliphatic rings. The number of imidazole rings is 1. The Hall–Kier alpha value is -3.54. The molecule has 2 heterocycles. The molecule has 4 rings (SSSR count). The summed E-state index contributed by atoms with van der Waals surface area (Å²) in [5.74, 6) is 2.03.